The van der Waals surface area contributed by atoms with Crippen LogP contribution in [0, 0.1) is 0 Å². The number of aliphatic imine (C=N–C) groups is 1. The maximum Gasteiger partial charge on any atom is 0.270 e. The number of hydrogen-bond acceptors (Lipinski definition) is 3. The molecule has 1 atom stereocenters. The summed E-state index contributed by atoms with van der Waals surface area (Å²) in [4.78, 5) is 16.8. The topological polar surface area (TPSA) is 53.5 Å². The third-order valence-corrected chi connectivity index (χ3v) is 4.57. The molecular weight excluding hydrogens is 286 g/mol. The molecule has 4 heteroatoms. The van der Waals surface area contributed by atoms with E-state index < -0.39 is 0 Å². The summed E-state index contributed by atoms with van der Waals surface area (Å²) in [5.74, 6) is 0.477. The zero-order valence-electron chi connectivity index (χ0n) is 12.9. The van der Waals surface area contributed by atoms with Gasteiger partial charge in [-0.2, -0.15) is 0 Å². The highest BCUT2D eigenvalue weighted by Crippen LogP contribution is 2.27. The normalized spacial score (nSPS) is 19.3. The van der Waals surface area contributed by atoms with Crippen LogP contribution in [0.2, 0.25) is 0 Å². The first-order chi connectivity index (χ1) is 11.3. The van der Waals surface area contributed by atoms with Crippen molar-refractivity contribution in [3.05, 3.63) is 59.7 Å². The van der Waals surface area contributed by atoms with Crippen molar-refractivity contribution in [3.8, 4) is 0 Å². The second-order valence-electron chi connectivity index (χ2n) is 6.13. The zero-order chi connectivity index (χ0) is 15.6. The number of carbonyl (C=O) groups excluding carboxylic acids is 1. The summed E-state index contributed by atoms with van der Waals surface area (Å²) in [5.41, 5.74) is 4.75. The van der Waals surface area contributed by atoms with E-state index in [1.54, 1.807) is 0 Å². The number of rotatable bonds is 3. The summed E-state index contributed by atoms with van der Waals surface area (Å²) in [6, 6.07) is 16.1. The average molecular weight is 305 g/mol. The molecule has 1 amide bonds. The molecule has 0 saturated carbocycles. The van der Waals surface area contributed by atoms with Crippen LogP contribution in [0.15, 0.2) is 53.5 Å². The van der Waals surface area contributed by atoms with Gasteiger partial charge < -0.3 is 10.6 Å². The maximum atomic E-state index is 12.4. The number of nitrogens with zero attached hydrogens (tertiary/aromatic N) is 1. The van der Waals surface area contributed by atoms with Gasteiger partial charge in [0.15, 0.2) is 0 Å². The lowest BCUT2D eigenvalue weighted by Gasteiger charge is -2.10. The summed E-state index contributed by atoms with van der Waals surface area (Å²) >= 11 is 0. The number of fused-ring (bicyclic) bond motifs is 1. The van der Waals surface area contributed by atoms with Gasteiger partial charge in [0.05, 0.1) is 5.69 Å². The molecule has 23 heavy (non-hydrogen) atoms. The number of amides is 1. The van der Waals surface area contributed by atoms with E-state index in [1.807, 2.05) is 36.4 Å². The van der Waals surface area contributed by atoms with E-state index in [9.17, 15) is 4.79 Å². The van der Waals surface area contributed by atoms with Gasteiger partial charge >= 0.3 is 0 Å². The average Bonchev–Trinajstić information content (AvgIpc) is 3.25. The molecule has 4 rings (SSSR count). The molecule has 2 aromatic carbocycles. The highest BCUT2D eigenvalue weighted by atomic mass is 16.1. The van der Waals surface area contributed by atoms with Crippen molar-refractivity contribution in [2.75, 3.05) is 18.4 Å². The Morgan fingerprint density at radius 3 is 2.70 bits per heavy atom. The molecule has 2 heterocycles. The van der Waals surface area contributed by atoms with Gasteiger partial charge in [-0.25, -0.2) is 4.99 Å². The van der Waals surface area contributed by atoms with E-state index in [0.29, 0.717) is 18.1 Å². The predicted molar refractivity (Wildman–Crippen MR) is 92.5 cm³/mol. The number of para-hydroxylation sites is 1. The summed E-state index contributed by atoms with van der Waals surface area (Å²) in [6.45, 7) is 2.13. The summed E-state index contributed by atoms with van der Waals surface area (Å²) in [6.07, 6.45) is 1.79. The Labute approximate surface area is 135 Å². The first-order valence-electron chi connectivity index (χ1n) is 8.07. The van der Waals surface area contributed by atoms with E-state index in [4.69, 9.17) is 0 Å². The zero-order valence-corrected chi connectivity index (χ0v) is 12.9. The maximum absolute atomic E-state index is 12.4. The minimum Gasteiger partial charge on any atom is -0.321 e. The molecule has 0 aromatic heterocycles. The second-order valence-corrected chi connectivity index (χ2v) is 6.13. The Morgan fingerprint density at radius 1 is 1.13 bits per heavy atom. The van der Waals surface area contributed by atoms with Crippen molar-refractivity contribution in [2.24, 2.45) is 4.99 Å². The van der Waals surface area contributed by atoms with E-state index >= 15 is 0 Å². The lowest BCUT2D eigenvalue weighted by Crippen LogP contribution is -2.22. The molecule has 1 unspecified atom stereocenters. The summed E-state index contributed by atoms with van der Waals surface area (Å²) < 4.78 is 0. The smallest absolute Gasteiger partial charge is 0.270 e. The van der Waals surface area contributed by atoms with Crippen LogP contribution >= 0.6 is 0 Å². The Morgan fingerprint density at radius 2 is 1.96 bits per heavy atom. The number of benzene rings is 2. The quantitative estimate of drug-likeness (QED) is 0.916. The molecule has 116 valence electrons. The largest absolute Gasteiger partial charge is 0.321 e. The highest BCUT2D eigenvalue weighted by molar-refractivity contribution is 6.44. The molecule has 4 nitrogen and oxygen atoms in total. The standard InChI is InChI=1S/C19H19N3O/c23-19(18-11-14-3-1-2-4-17(14)22-18)21-16-7-5-13(6-8-16)15-9-10-20-12-15/h1-8,15,20H,9-12H2,(H,21,23). The SMILES string of the molecule is O=C(Nc1ccc(C2CCNC2)cc1)C1=Nc2ccccc2C1. The van der Waals surface area contributed by atoms with Crippen LogP contribution in [-0.4, -0.2) is 24.7 Å². The van der Waals surface area contributed by atoms with Crippen LogP contribution in [-0.2, 0) is 11.2 Å². The molecule has 0 radical (unpaired) electrons. The Kier molecular flexibility index (Phi) is 3.67. The van der Waals surface area contributed by atoms with Crippen LogP contribution in [0.1, 0.15) is 23.5 Å². The minimum absolute atomic E-state index is 0.114. The molecule has 1 fully saturated rings. The van der Waals surface area contributed by atoms with E-state index in [-0.39, 0.29) is 5.91 Å². The second kappa shape index (κ2) is 5.97. The summed E-state index contributed by atoms with van der Waals surface area (Å²) in [5, 5.41) is 6.33. The van der Waals surface area contributed by atoms with Crippen molar-refractivity contribution in [3.63, 3.8) is 0 Å². The molecule has 0 aliphatic carbocycles. The highest BCUT2D eigenvalue weighted by Gasteiger charge is 2.20. The lowest BCUT2D eigenvalue weighted by molar-refractivity contribution is -0.110. The summed E-state index contributed by atoms with van der Waals surface area (Å²) in [7, 11) is 0. The van der Waals surface area contributed by atoms with Crippen LogP contribution < -0.4 is 10.6 Å². The molecule has 0 spiro atoms. The fourth-order valence-electron chi connectivity index (χ4n) is 3.25. The number of nitrogens with one attached hydrogen (secondary N) is 2. The van der Waals surface area contributed by atoms with Gasteiger partial charge in [-0.3, -0.25) is 4.79 Å². The van der Waals surface area contributed by atoms with E-state index in [2.05, 4.69) is 27.8 Å². The Bertz CT molecular complexity index is 758. The molecular formula is C19H19N3O. The van der Waals surface area contributed by atoms with Crippen LogP contribution in [0.5, 0.6) is 0 Å². The van der Waals surface area contributed by atoms with Gasteiger partial charge in [0.1, 0.15) is 5.71 Å². The van der Waals surface area contributed by atoms with Crippen molar-refractivity contribution in [1.82, 2.24) is 5.32 Å². The van der Waals surface area contributed by atoms with Gasteiger partial charge in [-0.1, -0.05) is 30.3 Å². The van der Waals surface area contributed by atoms with Crippen LogP contribution in [0.25, 0.3) is 0 Å². The van der Waals surface area contributed by atoms with Crippen molar-refractivity contribution >= 4 is 23.0 Å². The molecule has 0 bridgehead atoms. The molecule has 1 saturated heterocycles. The van der Waals surface area contributed by atoms with Crippen LogP contribution in [0.4, 0.5) is 11.4 Å². The van der Waals surface area contributed by atoms with E-state index in [1.165, 1.54) is 12.0 Å². The van der Waals surface area contributed by atoms with Crippen LogP contribution in [0.3, 0.4) is 0 Å². The monoisotopic (exact) mass is 305 g/mol. The lowest BCUT2D eigenvalue weighted by atomic mass is 9.98. The van der Waals surface area contributed by atoms with Gasteiger partial charge in [0.25, 0.3) is 5.91 Å². The number of anilines is 1. The minimum atomic E-state index is -0.114. The van der Waals surface area contributed by atoms with Crippen molar-refractivity contribution < 1.29 is 4.79 Å². The molecule has 2 aliphatic heterocycles. The Hall–Kier alpha value is -2.46. The van der Waals surface area contributed by atoms with E-state index in [0.717, 1.165) is 30.0 Å². The van der Waals surface area contributed by atoms with Gasteiger partial charge in [-0.15, -0.1) is 0 Å². The fraction of sp³-hybridized carbons (Fsp3) is 0.263. The van der Waals surface area contributed by atoms with Gasteiger partial charge in [-0.05, 0) is 48.2 Å². The van der Waals surface area contributed by atoms with Gasteiger partial charge in [0.2, 0.25) is 0 Å². The third-order valence-electron chi connectivity index (χ3n) is 4.57. The van der Waals surface area contributed by atoms with Gasteiger partial charge in [0, 0.05) is 18.7 Å². The number of carbonyl (C=O) groups is 1. The third kappa shape index (κ3) is 2.90. The number of hydrogen-bond donors (Lipinski definition) is 2. The van der Waals surface area contributed by atoms with Crippen molar-refractivity contribution in [2.45, 2.75) is 18.8 Å². The first kappa shape index (κ1) is 14.2. The first-order valence-corrected chi connectivity index (χ1v) is 8.07. The molecule has 2 aromatic rings. The van der Waals surface area contributed by atoms with Crippen molar-refractivity contribution in [1.29, 1.82) is 0 Å². The molecule has 2 N–H and O–H groups in total. The molecule has 2 aliphatic rings. The predicted octanol–water partition coefficient (Wildman–Crippen LogP) is 3.03. The Balaban J connectivity index is 1.43. The fourth-order valence-corrected chi connectivity index (χ4v) is 3.25.